The van der Waals surface area contributed by atoms with Crippen LogP contribution in [0.3, 0.4) is 0 Å². The zero-order chi connectivity index (χ0) is 17.7. The minimum absolute atomic E-state index is 0. The molecule has 0 atom stereocenters. The Hall–Kier alpha value is -1.57. The molecular formula is C19H30IN5. The van der Waals surface area contributed by atoms with E-state index in [1.165, 1.54) is 27.9 Å². The van der Waals surface area contributed by atoms with Gasteiger partial charge in [-0.1, -0.05) is 29.3 Å². The van der Waals surface area contributed by atoms with Crippen LogP contribution in [0, 0.1) is 27.7 Å². The number of aryl methyl sites for hydroxylation is 4. The molecule has 6 heteroatoms. The van der Waals surface area contributed by atoms with Crippen molar-refractivity contribution in [2.75, 3.05) is 13.6 Å². The van der Waals surface area contributed by atoms with Gasteiger partial charge >= 0.3 is 0 Å². The van der Waals surface area contributed by atoms with E-state index in [-0.39, 0.29) is 24.0 Å². The highest BCUT2D eigenvalue weighted by Gasteiger charge is 2.09. The standard InChI is InChI=1S/C19H29N5.HI/c1-13-9-14(2)11-17(10-13)7-8-21-19(20-5)22-12-18-15(3)23-24(6)16(18)4;/h9-11H,7-8,12H2,1-6H3,(H2,20,21,22);1H. The van der Waals surface area contributed by atoms with Gasteiger partial charge in [0.25, 0.3) is 0 Å². The number of rotatable bonds is 5. The van der Waals surface area contributed by atoms with E-state index in [0.29, 0.717) is 0 Å². The Balaban J connectivity index is 0.00000312. The fourth-order valence-corrected chi connectivity index (χ4v) is 3.00. The second-order valence-electron chi connectivity index (χ2n) is 6.37. The molecule has 2 N–H and O–H groups in total. The summed E-state index contributed by atoms with van der Waals surface area (Å²) in [5.41, 5.74) is 7.47. The zero-order valence-electron chi connectivity index (χ0n) is 16.1. The van der Waals surface area contributed by atoms with Crippen molar-refractivity contribution in [2.24, 2.45) is 12.0 Å². The van der Waals surface area contributed by atoms with Crippen LogP contribution in [0.4, 0.5) is 0 Å². The number of benzene rings is 1. The third-order valence-corrected chi connectivity index (χ3v) is 4.30. The Kier molecular flexibility index (Phi) is 8.41. The number of halogens is 1. The molecule has 0 aliphatic rings. The third kappa shape index (κ3) is 6.02. The zero-order valence-corrected chi connectivity index (χ0v) is 18.4. The van der Waals surface area contributed by atoms with E-state index >= 15 is 0 Å². The molecule has 0 fully saturated rings. The van der Waals surface area contributed by atoms with Gasteiger partial charge in [-0.25, -0.2) is 0 Å². The van der Waals surface area contributed by atoms with E-state index in [0.717, 1.165) is 31.2 Å². The Morgan fingerprint density at radius 1 is 1.08 bits per heavy atom. The molecule has 0 amide bonds. The third-order valence-electron chi connectivity index (χ3n) is 4.30. The molecule has 0 radical (unpaired) electrons. The van der Waals surface area contributed by atoms with E-state index in [1.54, 1.807) is 7.05 Å². The average Bonchev–Trinajstić information content (AvgIpc) is 2.75. The van der Waals surface area contributed by atoms with Crippen LogP contribution in [0.5, 0.6) is 0 Å². The quantitative estimate of drug-likeness (QED) is 0.414. The predicted molar refractivity (Wildman–Crippen MR) is 116 cm³/mol. The monoisotopic (exact) mass is 455 g/mol. The van der Waals surface area contributed by atoms with Crippen LogP contribution in [-0.4, -0.2) is 29.3 Å². The molecule has 1 heterocycles. The molecule has 25 heavy (non-hydrogen) atoms. The first-order valence-corrected chi connectivity index (χ1v) is 8.41. The van der Waals surface area contributed by atoms with Crippen molar-refractivity contribution in [1.29, 1.82) is 0 Å². The second kappa shape index (κ2) is 9.79. The average molecular weight is 455 g/mol. The van der Waals surface area contributed by atoms with E-state index in [9.17, 15) is 0 Å². The molecule has 2 aromatic rings. The lowest BCUT2D eigenvalue weighted by molar-refractivity contribution is 0.728. The summed E-state index contributed by atoms with van der Waals surface area (Å²) in [4.78, 5) is 4.30. The van der Waals surface area contributed by atoms with Gasteiger partial charge in [0.2, 0.25) is 0 Å². The lowest BCUT2D eigenvalue weighted by Crippen LogP contribution is -2.38. The number of aromatic nitrogens is 2. The lowest BCUT2D eigenvalue weighted by atomic mass is 10.1. The lowest BCUT2D eigenvalue weighted by Gasteiger charge is -2.12. The maximum atomic E-state index is 4.45. The van der Waals surface area contributed by atoms with Crippen LogP contribution in [0.25, 0.3) is 0 Å². The van der Waals surface area contributed by atoms with Gasteiger partial charge in [-0.3, -0.25) is 9.67 Å². The summed E-state index contributed by atoms with van der Waals surface area (Å²) in [6.45, 7) is 10.0. The number of aliphatic imine (C=N–C) groups is 1. The molecule has 1 aromatic carbocycles. The van der Waals surface area contributed by atoms with Crippen molar-refractivity contribution in [1.82, 2.24) is 20.4 Å². The fraction of sp³-hybridized carbons (Fsp3) is 0.474. The van der Waals surface area contributed by atoms with Crippen LogP contribution in [0.2, 0.25) is 0 Å². The van der Waals surface area contributed by atoms with Crippen LogP contribution >= 0.6 is 24.0 Å². The molecule has 0 bridgehead atoms. The Morgan fingerprint density at radius 2 is 1.72 bits per heavy atom. The number of nitrogens with one attached hydrogen (secondary N) is 2. The Morgan fingerprint density at radius 3 is 2.24 bits per heavy atom. The summed E-state index contributed by atoms with van der Waals surface area (Å²) in [6.07, 6.45) is 0.980. The van der Waals surface area contributed by atoms with Gasteiger partial charge < -0.3 is 10.6 Å². The van der Waals surface area contributed by atoms with Gasteiger partial charge in [-0.15, -0.1) is 24.0 Å². The SMILES string of the molecule is CN=C(NCCc1cc(C)cc(C)c1)NCc1c(C)nn(C)c1C.I. The molecule has 1 aromatic heterocycles. The Labute approximate surface area is 168 Å². The summed E-state index contributed by atoms with van der Waals surface area (Å²) >= 11 is 0. The summed E-state index contributed by atoms with van der Waals surface area (Å²) in [7, 11) is 3.78. The first kappa shape index (κ1) is 21.5. The smallest absolute Gasteiger partial charge is 0.191 e. The molecule has 0 aliphatic carbocycles. The normalized spacial score (nSPS) is 11.2. The summed E-state index contributed by atoms with van der Waals surface area (Å²) in [6, 6.07) is 6.69. The predicted octanol–water partition coefficient (Wildman–Crippen LogP) is 3.18. The molecule has 0 aliphatic heterocycles. The minimum atomic E-state index is 0. The number of hydrogen-bond donors (Lipinski definition) is 2. The van der Waals surface area contributed by atoms with Gasteiger partial charge in [-0.05, 0) is 39.7 Å². The van der Waals surface area contributed by atoms with Crippen molar-refractivity contribution in [3.63, 3.8) is 0 Å². The van der Waals surface area contributed by atoms with Crippen molar-refractivity contribution in [3.05, 3.63) is 51.8 Å². The van der Waals surface area contributed by atoms with Crippen LogP contribution in [-0.2, 0) is 20.0 Å². The van der Waals surface area contributed by atoms with Crippen LogP contribution in [0.1, 0.15) is 33.6 Å². The largest absolute Gasteiger partial charge is 0.356 e. The van der Waals surface area contributed by atoms with Crippen LogP contribution in [0.15, 0.2) is 23.2 Å². The number of hydrogen-bond acceptors (Lipinski definition) is 2. The van der Waals surface area contributed by atoms with E-state index in [1.807, 2.05) is 18.7 Å². The van der Waals surface area contributed by atoms with Gasteiger partial charge in [0, 0.05) is 38.4 Å². The van der Waals surface area contributed by atoms with Gasteiger partial charge in [0.15, 0.2) is 5.96 Å². The summed E-state index contributed by atoms with van der Waals surface area (Å²) in [5, 5.41) is 11.2. The molecule has 0 saturated carbocycles. The molecule has 0 unspecified atom stereocenters. The molecule has 0 saturated heterocycles. The van der Waals surface area contributed by atoms with Crippen molar-refractivity contribution < 1.29 is 0 Å². The molecule has 5 nitrogen and oxygen atoms in total. The molecule has 0 spiro atoms. The van der Waals surface area contributed by atoms with Crippen molar-refractivity contribution >= 4 is 29.9 Å². The first-order valence-electron chi connectivity index (χ1n) is 8.41. The second-order valence-corrected chi connectivity index (χ2v) is 6.37. The maximum absolute atomic E-state index is 4.45. The van der Waals surface area contributed by atoms with Crippen LogP contribution < -0.4 is 10.6 Å². The molecular weight excluding hydrogens is 425 g/mol. The van der Waals surface area contributed by atoms with E-state index in [4.69, 9.17) is 0 Å². The topological polar surface area (TPSA) is 54.2 Å². The highest BCUT2D eigenvalue weighted by molar-refractivity contribution is 14.0. The van der Waals surface area contributed by atoms with Crippen molar-refractivity contribution in [2.45, 2.75) is 40.7 Å². The molecule has 2 rings (SSSR count). The van der Waals surface area contributed by atoms with Gasteiger partial charge in [0.05, 0.1) is 5.69 Å². The van der Waals surface area contributed by atoms with Crippen molar-refractivity contribution in [3.8, 4) is 0 Å². The van der Waals surface area contributed by atoms with E-state index in [2.05, 4.69) is 59.7 Å². The number of guanidine groups is 1. The van der Waals surface area contributed by atoms with E-state index < -0.39 is 0 Å². The number of nitrogens with zero attached hydrogens (tertiary/aromatic N) is 3. The highest BCUT2D eigenvalue weighted by Crippen LogP contribution is 2.11. The Bertz CT molecular complexity index is 713. The highest BCUT2D eigenvalue weighted by atomic mass is 127. The summed E-state index contributed by atoms with van der Waals surface area (Å²) in [5.74, 6) is 0.821. The fourth-order valence-electron chi connectivity index (χ4n) is 3.00. The van der Waals surface area contributed by atoms with Gasteiger partial charge in [-0.2, -0.15) is 5.10 Å². The minimum Gasteiger partial charge on any atom is -0.356 e. The molecule has 138 valence electrons. The maximum Gasteiger partial charge on any atom is 0.191 e. The summed E-state index contributed by atoms with van der Waals surface area (Å²) < 4.78 is 1.92. The van der Waals surface area contributed by atoms with Gasteiger partial charge in [0.1, 0.15) is 0 Å². The first-order chi connectivity index (χ1) is 11.4.